The Labute approximate surface area is 138 Å². The molecule has 10 heteroatoms. The molecule has 0 atom stereocenters. The van der Waals surface area contributed by atoms with Gasteiger partial charge in [0.2, 0.25) is 0 Å². The molecule has 0 radical (unpaired) electrons. The highest BCUT2D eigenvalue weighted by atomic mass is 35.5. The summed E-state index contributed by atoms with van der Waals surface area (Å²) >= 11 is 5.64. The van der Waals surface area contributed by atoms with Crippen LogP contribution in [0.5, 0.6) is 0 Å². The number of rotatable bonds is 3. The Hall–Kier alpha value is -2.68. The first-order chi connectivity index (χ1) is 11.3. The Kier molecular flexibility index (Phi) is 4.10. The Balaban J connectivity index is 1.80. The molecule has 1 N–H and O–H groups in total. The first kappa shape index (κ1) is 16.2. The number of hydrogen-bond acceptors (Lipinski definition) is 4. The summed E-state index contributed by atoms with van der Waals surface area (Å²) in [6.45, 7) is -0.0933. The van der Waals surface area contributed by atoms with E-state index in [1.54, 1.807) is 0 Å². The largest absolute Gasteiger partial charge is 0.417 e. The second-order valence-electron chi connectivity index (χ2n) is 4.81. The highest BCUT2D eigenvalue weighted by Crippen LogP contribution is 2.29. The highest BCUT2D eigenvalue weighted by molar-refractivity contribution is 6.29. The number of halogens is 4. The van der Waals surface area contributed by atoms with Gasteiger partial charge in [0.1, 0.15) is 5.15 Å². The van der Waals surface area contributed by atoms with Crippen molar-refractivity contribution in [3.8, 4) is 0 Å². The van der Waals surface area contributed by atoms with Gasteiger partial charge < -0.3 is 5.32 Å². The van der Waals surface area contributed by atoms with E-state index in [0.717, 1.165) is 12.3 Å². The number of nitrogens with zero attached hydrogens (tertiary/aromatic N) is 4. The lowest BCUT2D eigenvalue weighted by Gasteiger charge is -2.08. The van der Waals surface area contributed by atoms with Crippen LogP contribution in [0.15, 0.2) is 36.7 Å². The first-order valence-corrected chi connectivity index (χ1v) is 7.03. The zero-order valence-corrected chi connectivity index (χ0v) is 12.6. The van der Waals surface area contributed by atoms with Crippen molar-refractivity contribution in [2.75, 3.05) is 0 Å². The lowest BCUT2D eigenvalue weighted by molar-refractivity contribution is -0.137. The van der Waals surface area contributed by atoms with Crippen LogP contribution >= 0.6 is 11.6 Å². The van der Waals surface area contributed by atoms with Crippen molar-refractivity contribution < 1.29 is 18.0 Å². The molecule has 3 rings (SSSR count). The Morgan fingerprint density at radius 3 is 2.67 bits per heavy atom. The SMILES string of the molecule is O=C(NCc1nnc2ccc(C(F)(F)F)cn12)c1ccc(Cl)nc1. The molecule has 6 nitrogen and oxygen atoms in total. The zero-order valence-electron chi connectivity index (χ0n) is 11.9. The fourth-order valence-electron chi connectivity index (χ4n) is 2.00. The molecular weight excluding hydrogens is 347 g/mol. The van der Waals surface area contributed by atoms with Gasteiger partial charge in [-0.2, -0.15) is 13.2 Å². The summed E-state index contributed by atoms with van der Waals surface area (Å²) in [5.74, 6) is -0.283. The van der Waals surface area contributed by atoms with Crippen molar-refractivity contribution in [3.05, 3.63) is 58.8 Å². The number of amides is 1. The number of hydrogen-bond donors (Lipinski definition) is 1. The maximum Gasteiger partial charge on any atom is 0.417 e. The van der Waals surface area contributed by atoms with Crippen LogP contribution in [0.4, 0.5) is 13.2 Å². The van der Waals surface area contributed by atoms with Crippen molar-refractivity contribution in [3.63, 3.8) is 0 Å². The number of alkyl halides is 3. The van der Waals surface area contributed by atoms with Gasteiger partial charge in [0.25, 0.3) is 5.91 Å². The molecule has 0 aromatic carbocycles. The predicted octanol–water partition coefficient (Wildman–Crippen LogP) is 2.73. The van der Waals surface area contributed by atoms with E-state index in [1.165, 1.54) is 28.8 Å². The van der Waals surface area contributed by atoms with E-state index in [9.17, 15) is 18.0 Å². The zero-order chi connectivity index (χ0) is 17.3. The Bertz CT molecular complexity index is 892. The van der Waals surface area contributed by atoms with Crippen molar-refractivity contribution >= 4 is 23.2 Å². The van der Waals surface area contributed by atoms with Crippen molar-refractivity contribution in [2.24, 2.45) is 0 Å². The molecule has 0 aliphatic rings. The third kappa shape index (κ3) is 3.30. The lowest BCUT2D eigenvalue weighted by atomic mass is 10.2. The van der Waals surface area contributed by atoms with Gasteiger partial charge >= 0.3 is 6.18 Å². The van der Waals surface area contributed by atoms with Crippen LogP contribution in [-0.4, -0.2) is 25.5 Å². The normalized spacial score (nSPS) is 11.7. The molecular formula is C14H9ClF3N5O. The van der Waals surface area contributed by atoms with Crippen LogP contribution in [0.2, 0.25) is 5.15 Å². The minimum atomic E-state index is -4.48. The van der Waals surface area contributed by atoms with E-state index in [1.807, 2.05) is 0 Å². The molecule has 0 aliphatic carbocycles. The molecule has 3 heterocycles. The van der Waals surface area contributed by atoms with Crippen molar-refractivity contribution in [1.29, 1.82) is 0 Å². The first-order valence-electron chi connectivity index (χ1n) is 6.65. The minimum Gasteiger partial charge on any atom is -0.345 e. The number of carbonyl (C=O) groups excluding carboxylic acids is 1. The summed E-state index contributed by atoms with van der Waals surface area (Å²) in [5.41, 5.74) is -0.311. The van der Waals surface area contributed by atoms with Gasteiger partial charge in [-0.1, -0.05) is 11.6 Å². The lowest BCUT2D eigenvalue weighted by Crippen LogP contribution is -2.24. The Morgan fingerprint density at radius 1 is 1.21 bits per heavy atom. The molecule has 124 valence electrons. The van der Waals surface area contributed by atoms with E-state index in [0.29, 0.717) is 0 Å². The summed E-state index contributed by atoms with van der Waals surface area (Å²) in [7, 11) is 0. The van der Waals surface area contributed by atoms with Crippen LogP contribution in [0, 0.1) is 0 Å². The summed E-state index contributed by atoms with van der Waals surface area (Å²) in [6, 6.07) is 5.07. The minimum absolute atomic E-state index is 0.0933. The van der Waals surface area contributed by atoms with Crippen molar-refractivity contribution in [1.82, 2.24) is 24.9 Å². The van der Waals surface area contributed by atoms with E-state index < -0.39 is 17.6 Å². The van der Waals surface area contributed by atoms with E-state index in [2.05, 4.69) is 20.5 Å². The fourth-order valence-corrected chi connectivity index (χ4v) is 2.11. The smallest absolute Gasteiger partial charge is 0.345 e. The molecule has 3 aromatic rings. The number of carbonyl (C=O) groups is 1. The van der Waals surface area contributed by atoms with Crippen molar-refractivity contribution in [2.45, 2.75) is 12.7 Å². The molecule has 1 amide bonds. The van der Waals surface area contributed by atoms with E-state index >= 15 is 0 Å². The summed E-state index contributed by atoms with van der Waals surface area (Å²) in [5, 5.41) is 10.4. The quantitative estimate of drug-likeness (QED) is 0.733. The Morgan fingerprint density at radius 2 is 2.00 bits per heavy atom. The van der Waals surface area contributed by atoms with Gasteiger partial charge in [0, 0.05) is 12.4 Å². The molecule has 0 unspecified atom stereocenters. The van der Waals surface area contributed by atoms with Gasteiger partial charge in [-0.25, -0.2) is 4.98 Å². The van der Waals surface area contributed by atoms with Gasteiger partial charge in [0.05, 0.1) is 17.7 Å². The molecule has 0 saturated carbocycles. The summed E-state index contributed by atoms with van der Waals surface area (Å²) in [4.78, 5) is 15.8. The van der Waals surface area contributed by atoms with Gasteiger partial charge in [-0.3, -0.25) is 9.20 Å². The average Bonchev–Trinajstić information content (AvgIpc) is 2.95. The van der Waals surface area contributed by atoms with Gasteiger partial charge in [-0.15, -0.1) is 10.2 Å². The average molecular weight is 356 g/mol. The highest BCUT2D eigenvalue weighted by Gasteiger charge is 2.31. The molecule has 0 saturated heterocycles. The monoisotopic (exact) mass is 355 g/mol. The molecule has 24 heavy (non-hydrogen) atoms. The fraction of sp³-hybridized carbons (Fsp3) is 0.143. The van der Waals surface area contributed by atoms with Gasteiger partial charge in [0.15, 0.2) is 11.5 Å². The van der Waals surface area contributed by atoms with Crippen LogP contribution < -0.4 is 5.32 Å². The van der Waals surface area contributed by atoms with Crippen LogP contribution in [0.25, 0.3) is 5.65 Å². The maximum atomic E-state index is 12.8. The molecule has 0 fully saturated rings. The number of nitrogens with one attached hydrogen (secondary N) is 1. The molecule has 0 aliphatic heterocycles. The third-order valence-electron chi connectivity index (χ3n) is 3.20. The topological polar surface area (TPSA) is 72.2 Å². The number of pyridine rings is 2. The number of aromatic nitrogens is 4. The molecule has 0 bridgehead atoms. The standard InChI is InChI=1S/C14H9ClF3N5O/c15-10-3-1-8(5-19-10)13(24)20-6-12-22-21-11-4-2-9(7-23(11)12)14(16,17)18/h1-5,7H,6H2,(H,20,24). The summed E-state index contributed by atoms with van der Waals surface area (Å²) < 4.78 is 39.5. The summed E-state index contributed by atoms with van der Waals surface area (Å²) in [6.07, 6.45) is -2.30. The third-order valence-corrected chi connectivity index (χ3v) is 3.42. The van der Waals surface area contributed by atoms with E-state index in [4.69, 9.17) is 11.6 Å². The van der Waals surface area contributed by atoms with E-state index in [-0.39, 0.29) is 28.7 Å². The molecule has 0 spiro atoms. The van der Waals surface area contributed by atoms with Crippen LogP contribution in [0.1, 0.15) is 21.7 Å². The van der Waals surface area contributed by atoms with Gasteiger partial charge in [-0.05, 0) is 24.3 Å². The number of fused-ring (bicyclic) bond motifs is 1. The second kappa shape index (κ2) is 6.08. The van der Waals surface area contributed by atoms with Crippen LogP contribution in [0.3, 0.4) is 0 Å². The van der Waals surface area contributed by atoms with Crippen LogP contribution in [-0.2, 0) is 12.7 Å². The molecule has 3 aromatic heterocycles. The second-order valence-corrected chi connectivity index (χ2v) is 5.20. The predicted molar refractivity (Wildman–Crippen MR) is 78.4 cm³/mol. The maximum absolute atomic E-state index is 12.8.